The molecule has 80 heavy (non-hydrogen) atoms. The summed E-state index contributed by atoms with van der Waals surface area (Å²) in [6.45, 7) is 5.37. The van der Waals surface area contributed by atoms with Crippen molar-refractivity contribution in [1.82, 2.24) is 66.8 Å². The minimum Gasteiger partial charge on any atom is -0.396 e. The molecule has 8 aromatic rings. The van der Waals surface area contributed by atoms with Crippen LogP contribution >= 0.6 is 68.0 Å². The third kappa shape index (κ3) is 13.2. The Morgan fingerprint density at radius 3 is 2.20 bits per heavy atom. The molecule has 0 saturated carbocycles. The first-order valence-corrected chi connectivity index (χ1v) is 30.1. The molecule has 7 aromatic heterocycles. The zero-order chi connectivity index (χ0) is 56.6. The maximum absolute atomic E-state index is 14.3. The minimum atomic E-state index is -1.27. The molecule has 2 unspecified atom stereocenters. The number of nitrogens with zero attached hydrogens (tertiary/aromatic N) is 7. The number of benzene rings is 1. The summed E-state index contributed by atoms with van der Waals surface area (Å²) in [7, 11) is 2.94. The average molecular weight is 1200 g/mol. The second-order valence-corrected chi connectivity index (χ2v) is 24.2. The van der Waals surface area contributed by atoms with Gasteiger partial charge in [0.25, 0.3) is 23.6 Å². The lowest BCUT2D eigenvalue weighted by Gasteiger charge is -2.23. The molecule has 8 heterocycles. The number of aliphatic hydroxyl groups excluding tert-OH is 2. The summed E-state index contributed by atoms with van der Waals surface area (Å²) in [5.74, 6) is -3.47. The van der Waals surface area contributed by atoms with Crippen molar-refractivity contribution in [3.8, 4) is 43.4 Å². The monoisotopic (exact) mass is 1200 g/mol. The number of rotatable bonds is 13. The van der Waals surface area contributed by atoms with Crippen LogP contribution in [0, 0.1) is 12.8 Å². The van der Waals surface area contributed by atoms with Crippen LogP contribution in [0.15, 0.2) is 64.0 Å². The molecule has 0 spiro atoms. The normalized spacial score (nSPS) is 16.5. The number of pyridine rings is 1. The van der Waals surface area contributed by atoms with Gasteiger partial charge in [0.15, 0.2) is 0 Å². The van der Waals surface area contributed by atoms with Crippen molar-refractivity contribution in [1.29, 1.82) is 0 Å². The summed E-state index contributed by atoms with van der Waals surface area (Å²) >= 11 is 7.18. The number of amides is 6. The summed E-state index contributed by atoms with van der Waals surface area (Å²) in [5, 5.41) is 47.1. The van der Waals surface area contributed by atoms with E-state index in [-0.39, 0.29) is 54.2 Å². The third-order valence-corrected chi connectivity index (χ3v) is 18.1. The zero-order valence-corrected chi connectivity index (χ0v) is 48.4. The van der Waals surface area contributed by atoms with Gasteiger partial charge in [0, 0.05) is 59.3 Å². The number of aryl methyl sites for hydroxylation is 1. The molecule has 8 N–H and O–H groups in total. The van der Waals surface area contributed by atoms with E-state index in [2.05, 4.69) is 46.9 Å². The molecule has 0 radical (unpaired) electrons. The second kappa shape index (κ2) is 26.0. The lowest BCUT2D eigenvalue weighted by Crippen LogP contribution is -2.40. The number of nitrogens with one attached hydrogen (secondary N) is 6. The quantitative estimate of drug-likeness (QED) is 0.0550. The van der Waals surface area contributed by atoms with E-state index in [1.807, 2.05) is 13.8 Å². The predicted molar refractivity (Wildman–Crippen MR) is 306 cm³/mol. The van der Waals surface area contributed by atoms with Gasteiger partial charge in [-0.05, 0) is 43.4 Å². The van der Waals surface area contributed by atoms with Crippen molar-refractivity contribution >= 4 is 103 Å². The number of aromatic nitrogens is 7. The predicted octanol–water partition coefficient (Wildman–Crippen LogP) is 6.81. The van der Waals surface area contributed by atoms with Crippen LogP contribution in [0.5, 0.6) is 0 Å². The number of ether oxygens (including phenoxy) is 1. The topological polar surface area (TPSA) is 315 Å². The zero-order valence-electron chi connectivity index (χ0n) is 43.5. The maximum atomic E-state index is 14.3. The van der Waals surface area contributed by atoms with Crippen molar-refractivity contribution in [3.05, 3.63) is 117 Å². The molecule has 1 aliphatic heterocycles. The molecule has 9 rings (SSSR count). The Balaban J connectivity index is 1.12. The Kier molecular flexibility index (Phi) is 18.7. The van der Waals surface area contributed by atoms with Crippen molar-refractivity contribution in [2.24, 2.45) is 5.92 Å². The van der Waals surface area contributed by atoms with Crippen LogP contribution in [0.2, 0.25) is 0 Å². The Hall–Kier alpha value is -7.15. The summed E-state index contributed by atoms with van der Waals surface area (Å²) in [5.41, 5.74) is 2.95. The number of thiazole rings is 6. The summed E-state index contributed by atoms with van der Waals surface area (Å²) in [6.07, 6.45) is -0.332. The third-order valence-electron chi connectivity index (χ3n) is 12.3. The van der Waals surface area contributed by atoms with Crippen LogP contribution < -0.4 is 31.9 Å². The highest BCUT2D eigenvalue weighted by atomic mass is 32.1. The molecule has 1 aromatic carbocycles. The molecular formula is C52H53N13O9S6. The number of aliphatic hydroxyl groups is 2. The first kappa shape index (κ1) is 57.5. The number of unbranched alkanes of at least 4 members (excludes halogenated alkanes) is 1. The van der Waals surface area contributed by atoms with E-state index in [0.717, 1.165) is 11.3 Å². The van der Waals surface area contributed by atoms with E-state index in [1.165, 1.54) is 70.8 Å². The van der Waals surface area contributed by atoms with Crippen LogP contribution in [-0.4, -0.2) is 114 Å². The molecule has 0 aliphatic carbocycles. The van der Waals surface area contributed by atoms with Gasteiger partial charge >= 0.3 is 0 Å². The number of fused-ring (bicyclic) bond motifs is 14. The van der Waals surface area contributed by atoms with Gasteiger partial charge in [-0.1, -0.05) is 44.2 Å². The number of hydrogen-bond donors (Lipinski definition) is 8. The SMILES string of the molecule is CNC(=O)C[C@@H]1NC(=O)c2csc(n2)-c2ccc(-c3nc(C(=O)NCCCCO)cs3)nc2-c2csc(n2)-c2csc(n2)C(C(O)c2ccccc2)NC(=O)CNC(=O)c2nc(sc2COC)[C@H](C(C)C)NC(=O)c2nc1sc2C. The molecule has 28 heteroatoms. The second-order valence-electron chi connectivity index (χ2n) is 18.4. The number of carbonyl (C=O) groups is 6. The summed E-state index contributed by atoms with van der Waals surface area (Å²) in [6, 6.07) is 9.52. The fraction of sp³-hybridized carbons (Fsp3) is 0.327. The van der Waals surface area contributed by atoms with Crippen LogP contribution in [-0.2, 0) is 20.9 Å². The molecule has 22 nitrogen and oxygen atoms in total. The first-order chi connectivity index (χ1) is 38.6. The highest BCUT2D eigenvalue weighted by Gasteiger charge is 2.33. The van der Waals surface area contributed by atoms with Crippen molar-refractivity contribution in [2.75, 3.05) is 33.9 Å². The molecular weight excluding hydrogens is 1140 g/mol. The Bertz CT molecular complexity index is 3550. The molecule has 10 bridgehead atoms. The van der Waals surface area contributed by atoms with Crippen molar-refractivity contribution in [3.63, 3.8) is 0 Å². The summed E-state index contributed by atoms with van der Waals surface area (Å²) in [4.78, 5) is 117. The van der Waals surface area contributed by atoms with E-state index in [0.29, 0.717) is 93.1 Å². The highest BCUT2D eigenvalue weighted by Crippen LogP contribution is 2.40. The van der Waals surface area contributed by atoms with Gasteiger partial charge in [0.2, 0.25) is 11.8 Å². The van der Waals surface area contributed by atoms with Gasteiger partial charge in [-0.3, -0.25) is 28.8 Å². The molecule has 0 fully saturated rings. The molecule has 0 saturated heterocycles. The van der Waals surface area contributed by atoms with E-state index < -0.39 is 60.3 Å². The molecule has 6 amide bonds. The highest BCUT2D eigenvalue weighted by molar-refractivity contribution is 7.15. The lowest BCUT2D eigenvalue weighted by atomic mass is 10.0. The lowest BCUT2D eigenvalue weighted by molar-refractivity contribution is -0.122. The van der Waals surface area contributed by atoms with Crippen LogP contribution in [0.3, 0.4) is 0 Å². The number of carbonyl (C=O) groups excluding carboxylic acids is 6. The number of methoxy groups -OCH3 is 1. The van der Waals surface area contributed by atoms with E-state index in [9.17, 15) is 33.9 Å². The van der Waals surface area contributed by atoms with Crippen molar-refractivity contribution < 1.29 is 43.7 Å². The van der Waals surface area contributed by atoms with Crippen molar-refractivity contribution in [2.45, 2.75) is 70.9 Å². The summed E-state index contributed by atoms with van der Waals surface area (Å²) < 4.78 is 5.44. The van der Waals surface area contributed by atoms with Crippen LogP contribution in [0.1, 0.15) is 130 Å². The Labute approximate surface area is 482 Å². The maximum Gasteiger partial charge on any atom is 0.271 e. The Morgan fingerprint density at radius 1 is 0.713 bits per heavy atom. The van der Waals surface area contributed by atoms with Gasteiger partial charge in [0.05, 0.1) is 42.2 Å². The fourth-order valence-corrected chi connectivity index (χ4v) is 13.8. The fourth-order valence-electron chi connectivity index (χ4n) is 8.22. The molecule has 416 valence electrons. The van der Waals surface area contributed by atoms with E-state index >= 15 is 0 Å². The standard InChI is InChI=1S/C52H53N13O9S6/c1-24(2)37-52-65-40(34(80-52)19-74-5)45(72)55-18-36(68)62-41(42(69)26-11-7-6-8-12-26)51-61-33(23-78-51)49-58-30(20-76-49)39-27(13-14-28(56-39)48-60-31(21-77-48)43(70)54-15-9-10-16-66)47-59-32(22-75-47)44(71)57-29(17-35(67)53-4)50-64-38(25(3)79-50)46(73)63-37/h6-8,11-14,20-24,29,37,41-42,66,69H,9-10,15-19H2,1-5H3,(H,53,67)(H,54,70)(H,55,72)(H,57,71)(H,62,68)(H,63,73)/t29-,37-,41?,42?/m0/s1. The van der Waals surface area contributed by atoms with E-state index in [4.69, 9.17) is 29.8 Å². The van der Waals surface area contributed by atoms with Gasteiger partial charge in [0.1, 0.15) is 82.0 Å². The Morgan fingerprint density at radius 2 is 1.44 bits per heavy atom. The minimum absolute atomic E-state index is 0.00132. The van der Waals surface area contributed by atoms with Crippen LogP contribution in [0.25, 0.3) is 43.4 Å². The molecule has 1 aliphatic rings. The van der Waals surface area contributed by atoms with E-state index in [1.54, 1.807) is 70.9 Å². The number of hydrogen-bond acceptors (Lipinski definition) is 22. The molecule has 4 atom stereocenters. The van der Waals surface area contributed by atoms with Crippen LogP contribution in [0.4, 0.5) is 0 Å². The van der Waals surface area contributed by atoms with Gasteiger partial charge in [-0.25, -0.2) is 34.9 Å². The van der Waals surface area contributed by atoms with Gasteiger partial charge in [-0.2, -0.15) is 0 Å². The average Bonchev–Trinajstić information content (AvgIpc) is 4.35. The van der Waals surface area contributed by atoms with Gasteiger partial charge in [-0.15, -0.1) is 68.0 Å². The van der Waals surface area contributed by atoms with Gasteiger partial charge < -0.3 is 46.9 Å². The largest absolute Gasteiger partial charge is 0.396 e. The smallest absolute Gasteiger partial charge is 0.271 e. The first-order valence-electron chi connectivity index (χ1n) is 24.9.